The summed E-state index contributed by atoms with van der Waals surface area (Å²) in [6.45, 7) is 0. The fourth-order valence-electron chi connectivity index (χ4n) is 2.95. The van der Waals surface area contributed by atoms with Crippen LogP contribution in [0.15, 0.2) is 54.2 Å². The second-order valence-corrected chi connectivity index (χ2v) is 7.13. The van der Waals surface area contributed by atoms with Gasteiger partial charge >= 0.3 is 0 Å². The second kappa shape index (κ2) is 9.00. The Balaban J connectivity index is 2.38. The quantitative estimate of drug-likeness (QED) is 0.755. The van der Waals surface area contributed by atoms with Crippen molar-refractivity contribution in [1.29, 1.82) is 5.26 Å². The normalized spacial score (nSPS) is 10.9. The van der Waals surface area contributed by atoms with Crippen molar-refractivity contribution in [3.05, 3.63) is 59.8 Å². The van der Waals surface area contributed by atoms with Crippen LogP contribution in [0.25, 0.3) is 0 Å². The molecule has 0 aliphatic heterocycles. The molecule has 2 aromatic carbocycles. The Bertz CT molecular complexity index is 801. The fraction of sp³-hybridized carbons (Fsp3) is 0.318. The Morgan fingerprint density at radius 1 is 0.926 bits per heavy atom. The van der Waals surface area contributed by atoms with E-state index in [1.54, 1.807) is 6.20 Å². The number of hydrogen-bond donors (Lipinski definition) is 1. The van der Waals surface area contributed by atoms with Gasteiger partial charge in [0.1, 0.15) is 0 Å². The standard InChI is InChI=1S/C22H29N5/c1-25(2)20-13-17(14-21(26(3)4)22(20)27(5)6)12-18(15-23)16-24-19-10-8-7-9-11-19/h7-11,13-14,16,24H,12H2,1-6H3/b18-16-. The number of benzene rings is 2. The van der Waals surface area contributed by atoms with Gasteiger partial charge in [-0.2, -0.15) is 5.26 Å². The van der Waals surface area contributed by atoms with Crippen molar-refractivity contribution in [1.82, 2.24) is 0 Å². The number of rotatable bonds is 7. The third-order valence-electron chi connectivity index (χ3n) is 4.27. The minimum absolute atomic E-state index is 0.575. The van der Waals surface area contributed by atoms with Crippen molar-refractivity contribution in [3.63, 3.8) is 0 Å². The van der Waals surface area contributed by atoms with E-state index >= 15 is 0 Å². The molecule has 0 amide bonds. The Morgan fingerprint density at radius 2 is 1.48 bits per heavy atom. The Morgan fingerprint density at radius 3 is 1.93 bits per heavy atom. The Kier molecular flexibility index (Phi) is 6.73. The van der Waals surface area contributed by atoms with E-state index in [0.717, 1.165) is 22.6 Å². The zero-order chi connectivity index (χ0) is 20.0. The molecule has 1 N–H and O–H groups in total. The molecule has 0 saturated heterocycles. The highest BCUT2D eigenvalue weighted by atomic mass is 15.2. The first kappa shape index (κ1) is 20.2. The van der Waals surface area contributed by atoms with Gasteiger partial charge in [-0.25, -0.2) is 0 Å². The van der Waals surface area contributed by atoms with Crippen molar-refractivity contribution in [2.24, 2.45) is 0 Å². The van der Waals surface area contributed by atoms with Crippen LogP contribution in [0.1, 0.15) is 5.56 Å². The molecule has 0 spiro atoms. The van der Waals surface area contributed by atoms with Crippen molar-refractivity contribution in [3.8, 4) is 6.07 Å². The van der Waals surface area contributed by atoms with Crippen LogP contribution in [0.4, 0.5) is 22.7 Å². The van der Waals surface area contributed by atoms with Crippen LogP contribution < -0.4 is 20.0 Å². The minimum Gasteiger partial charge on any atom is -0.376 e. The maximum absolute atomic E-state index is 9.58. The topological polar surface area (TPSA) is 45.5 Å². The monoisotopic (exact) mass is 363 g/mol. The first-order chi connectivity index (χ1) is 12.8. The summed E-state index contributed by atoms with van der Waals surface area (Å²) >= 11 is 0. The molecule has 5 nitrogen and oxygen atoms in total. The Labute approximate surface area is 163 Å². The maximum Gasteiger partial charge on any atom is 0.0965 e. The lowest BCUT2D eigenvalue weighted by Gasteiger charge is -2.29. The van der Waals surface area contributed by atoms with Crippen LogP contribution in [0.5, 0.6) is 0 Å². The first-order valence-corrected chi connectivity index (χ1v) is 8.93. The summed E-state index contributed by atoms with van der Waals surface area (Å²) in [4.78, 5) is 6.36. The maximum atomic E-state index is 9.58. The van der Waals surface area contributed by atoms with Gasteiger partial charge in [-0.3, -0.25) is 0 Å². The number of anilines is 4. The average Bonchev–Trinajstić information content (AvgIpc) is 2.64. The minimum atomic E-state index is 0.575. The number of nitrogens with one attached hydrogen (secondary N) is 1. The highest BCUT2D eigenvalue weighted by Gasteiger charge is 2.16. The van der Waals surface area contributed by atoms with E-state index in [4.69, 9.17) is 0 Å². The molecule has 0 aromatic heterocycles. The molecule has 5 heteroatoms. The molecular formula is C22H29N5. The largest absolute Gasteiger partial charge is 0.376 e. The Hall–Kier alpha value is -3.13. The first-order valence-electron chi connectivity index (χ1n) is 8.93. The van der Waals surface area contributed by atoms with Gasteiger partial charge in [-0.15, -0.1) is 0 Å². The zero-order valence-corrected chi connectivity index (χ0v) is 17.1. The van der Waals surface area contributed by atoms with Crippen molar-refractivity contribution in [2.45, 2.75) is 6.42 Å². The smallest absolute Gasteiger partial charge is 0.0965 e. The lowest BCUT2D eigenvalue weighted by atomic mass is 10.0. The number of nitrogens with zero attached hydrogens (tertiary/aromatic N) is 4. The van der Waals surface area contributed by atoms with E-state index in [0.29, 0.717) is 12.0 Å². The zero-order valence-electron chi connectivity index (χ0n) is 17.1. The van der Waals surface area contributed by atoms with Gasteiger partial charge in [0, 0.05) is 66.2 Å². The lowest BCUT2D eigenvalue weighted by molar-refractivity contribution is 1.03. The SMILES string of the molecule is CN(C)c1cc(C/C(C#N)=C/Nc2ccccc2)cc(N(C)C)c1N(C)C. The van der Waals surface area contributed by atoms with Gasteiger partial charge in [-0.1, -0.05) is 18.2 Å². The third-order valence-corrected chi connectivity index (χ3v) is 4.27. The predicted molar refractivity (Wildman–Crippen MR) is 117 cm³/mol. The molecule has 0 aliphatic rings. The van der Waals surface area contributed by atoms with Crippen LogP contribution >= 0.6 is 0 Å². The third kappa shape index (κ3) is 5.18. The average molecular weight is 364 g/mol. The lowest BCUT2D eigenvalue weighted by Crippen LogP contribution is -2.21. The molecule has 27 heavy (non-hydrogen) atoms. The van der Waals surface area contributed by atoms with E-state index in [2.05, 4.69) is 52.3 Å². The molecule has 0 radical (unpaired) electrons. The highest BCUT2D eigenvalue weighted by molar-refractivity contribution is 5.85. The molecular weight excluding hydrogens is 334 g/mol. The van der Waals surface area contributed by atoms with Gasteiger partial charge in [0.05, 0.1) is 23.1 Å². The van der Waals surface area contributed by atoms with Gasteiger partial charge in [-0.05, 0) is 29.8 Å². The van der Waals surface area contributed by atoms with Crippen molar-refractivity contribution in [2.75, 3.05) is 62.3 Å². The number of hydrogen-bond acceptors (Lipinski definition) is 5. The van der Waals surface area contributed by atoms with E-state index in [-0.39, 0.29) is 0 Å². The van der Waals surface area contributed by atoms with Crippen LogP contribution in [0.2, 0.25) is 0 Å². The van der Waals surface area contributed by atoms with Crippen LogP contribution in [-0.2, 0) is 6.42 Å². The van der Waals surface area contributed by atoms with Crippen LogP contribution in [-0.4, -0.2) is 42.3 Å². The van der Waals surface area contributed by atoms with Gasteiger partial charge in [0.2, 0.25) is 0 Å². The highest BCUT2D eigenvalue weighted by Crippen LogP contribution is 2.38. The molecule has 2 aromatic rings. The summed E-state index contributed by atoms with van der Waals surface area (Å²) in [5.41, 5.74) is 6.19. The summed E-state index contributed by atoms with van der Waals surface area (Å²) in [6, 6.07) is 16.5. The second-order valence-electron chi connectivity index (χ2n) is 7.13. The summed E-state index contributed by atoms with van der Waals surface area (Å²) < 4.78 is 0. The van der Waals surface area contributed by atoms with Crippen LogP contribution in [0, 0.1) is 11.3 Å². The number of nitriles is 1. The number of allylic oxidation sites excluding steroid dienone is 1. The molecule has 0 atom stereocenters. The predicted octanol–water partition coefficient (Wildman–Crippen LogP) is 3.95. The fourth-order valence-corrected chi connectivity index (χ4v) is 2.95. The summed E-state index contributed by atoms with van der Waals surface area (Å²) in [5.74, 6) is 0. The molecule has 142 valence electrons. The van der Waals surface area contributed by atoms with E-state index in [1.807, 2.05) is 58.5 Å². The van der Waals surface area contributed by atoms with E-state index in [9.17, 15) is 5.26 Å². The number of para-hydroxylation sites is 1. The summed E-state index contributed by atoms with van der Waals surface area (Å²) in [6.07, 6.45) is 2.37. The van der Waals surface area contributed by atoms with E-state index < -0.39 is 0 Å². The van der Waals surface area contributed by atoms with Gasteiger partial charge in [0.25, 0.3) is 0 Å². The molecule has 0 fully saturated rings. The van der Waals surface area contributed by atoms with Gasteiger partial charge in [0.15, 0.2) is 0 Å². The molecule has 0 unspecified atom stereocenters. The van der Waals surface area contributed by atoms with Crippen LogP contribution in [0.3, 0.4) is 0 Å². The summed E-state index contributed by atoms with van der Waals surface area (Å²) in [7, 11) is 12.3. The molecule has 0 bridgehead atoms. The molecule has 2 rings (SSSR count). The van der Waals surface area contributed by atoms with Crippen molar-refractivity contribution >= 4 is 22.7 Å². The molecule has 0 saturated carbocycles. The molecule has 0 aliphatic carbocycles. The van der Waals surface area contributed by atoms with Crippen molar-refractivity contribution < 1.29 is 0 Å². The molecule has 0 heterocycles. The van der Waals surface area contributed by atoms with Gasteiger partial charge < -0.3 is 20.0 Å². The van der Waals surface area contributed by atoms with E-state index in [1.165, 1.54) is 5.69 Å². The summed E-state index contributed by atoms with van der Waals surface area (Å²) in [5, 5.41) is 12.8.